The van der Waals surface area contributed by atoms with Crippen LogP contribution >= 0.6 is 7.26 Å². The third kappa shape index (κ3) is 7.16. The Bertz CT molecular complexity index is 987. The van der Waals surface area contributed by atoms with E-state index in [1.165, 1.54) is 15.9 Å². The summed E-state index contributed by atoms with van der Waals surface area (Å²) < 4.78 is 5.22. The minimum Gasteiger partial charge on any atom is -0.444 e. The van der Waals surface area contributed by atoms with E-state index in [2.05, 4.69) is 96.3 Å². The van der Waals surface area contributed by atoms with Gasteiger partial charge < -0.3 is 15.0 Å². The summed E-state index contributed by atoms with van der Waals surface area (Å²) in [5, 5.41) is 6.55. The number of likely N-dealkylation sites (N-methyl/N-ethyl adjacent to an activating group) is 1. The maximum Gasteiger partial charge on any atom is 0.408 e. The van der Waals surface area contributed by atoms with Crippen molar-refractivity contribution in [1.29, 1.82) is 0 Å². The molecule has 0 aliphatic heterocycles. The van der Waals surface area contributed by atoms with Gasteiger partial charge in [-0.25, -0.2) is 4.79 Å². The molecule has 6 heteroatoms. The Labute approximate surface area is 209 Å². The van der Waals surface area contributed by atoms with E-state index in [0.717, 1.165) is 12.6 Å². The number of carbonyl (C=O) groups excluding carboxylic acids is 2. The quantitative estimate of drug-likeness (QED) is 0.453. The third-order valence-corrected chi connectivity index (χ3v) is 10.3. The van der Waals surface area contributed by atoms with E-state index < -0.39 is 19.0 Å². The summed E-state index contributed by atoms with van der Waals surface area (Å²) in [6, 6.07) is 32.2. The van der Waals surface area contributed by atoms with Gasteiger partial charge in [-0.2, -0.15) is 0 Å². The zero-order valence-electron chi connectivity index (χ0n) is 21.1. The maximum absolute atomic E-state index is 12.6. The van der Waals surface area contributed by atoms with Gasteiger partial charge >= 0.3 is 6.09 Å². The highest BCUT2D eigenvalue weighted by molar-refractivity contribution is 7.95. The van der Waals surface area contributed by atoms with Gasteiger partial charge in [-0.1, -0.05) is 54.6 Å². The second-order valence-corrected chi connectivity index (χ2v) is 13.2. The van der Waals surface area contributed by atoms with Crippen LogP contribution in [0.2, 0.25) is 0 Å². The van der Waals surface area contributed by atoms with Crippen molar-refractivity contribution in [2.24, 2.45) is 0 Å². The largest absolute Gasteiger partial charge is 0.444 e. The van der Waals surface area contributed by atoms with E-state index in [1.54, 1.807) is 32.7 Å². The molecule has 0 aliphatic carbocycles. The number of benzene rings is 3. The average molecular weight is 492 g/mol. The molecule has 0 heterocycles. The van der Waals surface area contributed by atoms with Crippen LogP contribution in [0.3, 0.4) is 0 Å². The van der Waals surface area contributed by atoms with Crippen molar-refractivity contribution in [2.75, 3.05) is 26.3 Å². The Morgan fingerprint density at radius 2 is 1.23 bits per heavy atom. The predicted molar refractivity (Wildman–Crippen MR) is 147 cm³/mol. The highest BCUT2D eigenvalue weighted by Crippen LogP contribution is 2.55. The summed E-state index contributed by atoms with van der Waals surface area (Å²) in [5.41, 5.74) is -0.599. The molecule has 2 amide bonds. The molecule has 0 aromatic heterocycles. The zero-order chi connectivity index (χ0) is 25.3. The molecule has 0 bridgehead atoms. The molecule has 1 N–H and O–H groups in total. The summed E-state index contributed by atoms with van der Waals surface area (Å²) in [6.45, 7) is 5.90. The number of hydrogen-bond acceptors (Lipinski definition) is 3. The van der Waals surface area contributed by atoms with Gasteiger partial charge in [0.05, 0.1) is 6.16 Å². The van der Waals surface area contributed by atoms with Crippen molar-refractivity contribution in [1.82, 2.24) is 10.2 Å². The molecule has 0 aliphatic rings. The lowest BCUT2D eigenvalue weighted by Gasteiger charge is -2.28. The number of carbonyl (C=O) groups is 2. The van der Waals surface area contributed by atoms with Gasteiger partial charge in [-0.3, -0.25) is 4.79 Å². The van der Waals surface area contributed by atoms with E-state index in [-0.39, 0.29) is 12.5 Å². The van der Waals surface area contributed by atoms with Gasteiger partial charge in [0.1, 0.15) is 35.3 Å². The smallest absolute Gasteiger partial charge is 0.408 e. The molecule has 0 unspecified atom stereocenters. The summed E-state index contributed by atoms with van der Waals surface area (Å²) in [6.07, 6.45) is 1.19. The predicted octanol–water partition coefficient (Wildman–Crippen LogP) is 4.35. The number of nitrogens with one attached hydrogen (secondary N) is 1. The number of alkyl carbamates (subject to hydrolysis) is 1. The Morgan fingerprint density at radius 3 is 1.63 bits per heavy atom. The summed E-state index contributed by atoms with van der Waals surface area (Å²) in [5.74, 6) is -0.140. The van der Waals surface area contributed by atoms with Crippen molar-refractivity contribution in [3.63, 3.8) is 0 Å². The third-order valence-electron chi connectivity index (χ3n) is 5.79. The fourth-order valence-electron chi connectivity index (χ4n) is 4.15. The summed E-state index contributed by atoms with van der Waals surface area (Å²) in [7, 11) is -0.138. The van der Waals surface area contributed by atoms with Crippen LogP contribution in [0.4, 0.5) is 4.79 Å². The second kappa shape index (κ2) is 12.0. The van der Waals surface area contributed by atoms with E-state index in [1.807, 2.05) is 0 Å². The van der Waals surface area contributed by atoms with Crippen LogP contribution in [0.1, 0.15) is 27.2 Å². The van der Waals surface area contributed by atoms with Crippen LogP contribution in [-0.4, -0.2) is 48.8 Å². The molecule has 184 valence electrons. The number of hydrogen-bond donors (Lipinski definition) is 1. The lowest BCUT2D eigenvalue weighted by atomic mass is 10.2. The molecule has 35 heavy (non-hydrogen) atoms. The molecule has 0 saturated heterocycles. The minimum atomic E-state index is -1.92. The lowest BCUT2D eigenvalue weighted by Crippen LogP contribution is -2.41. The first-order chi connectivity index (χ1) is 16.7. The molecule has 3 aromatic rings. The molecule has 3 aromatic carbocycles. The van der Waals surface area contributed by atoms with Crippen molar-refractivity contribution in [3.05, 3.63) is 91.0 Å². The number of rotatable bonds is 9. The Balaban J connectivity index is 1.77. The van der Waals surface area contributed by atoms with Crippen LogP contribution in [0, 0.1) is 0 Å². The van der Waals surface area contributed by atoms with Crippen LogP contribution < -0.4 is 21.2 Å². The first-order valence-corrected chi connectivity index (χ1v) is 14.0. The van der Waals surface area contributed by atoms with Crippen molar-refractivity contribution >= 4 is 35.2 Å². The second-order valence-electron chi connectivity index (χ2n) is 9.56. The monoisotopic (exact) mass is 491 g/mol. The maximum atomic E-state index is 12.6. The van der Waals surface area contributed by atoms with Crippen molar-refractivity contribution in [2.45, 2.75) is 32.8 Å². The summed E-state index contributed by atoms with van der Waals surface area (Å²) >= 11 is 0. The number of ether oxygens (including phenoxy) is 1. The molecular formula is C29H36N2O3P+. The molecule has 3 rings (SSSR count). The van der Waals surface area contributed by atoms with Crippen LogP contribution in [0.5, 0.6) is 0 Å². The van der Waals surface area contributed by atoms with Crippen LogP contribution in [0.25, 0.3) is 0 Å². The van der Waals surface area contributed by atoms with E-state index in [0.29, 0.717) is 6.54 Å². The molecular weight excluding hydrogens is 455 g/mol. The standard InChI is InChI=1S/C29H35N2O3P/c1-29(2,3)34-28(33)30-23-27(32)31(4)21-14-22-35(24-15-8-5-9-16-24,25-17-10-6-11-18-25)26-19-12-7-13-20-26/h5-13,15-20H,14,21-23H2,1-4H3/p+1. The molecule has 0 radical (unpaired) electrons. The Kier molecular flexibility index (Phi) is 9.06. The van der Waals surface area contributed by atoms with Gasteiger partial charge in [-0.05, 0) is 63.6 Å². The highest BCUT2D eigenvalue weighted by Gasteiger charge is 2.44. The topological polar surface area (TPSA) is 58.6 Å². The normalized spacial score (nSPS) is 11.5. The first kappa shape index (κ1) is 26.4. The lowest BCUT2D eigenvalue weighted by molar-refractivity contribution is -0.128. The summed E-state index contributed by atoms with van der Waals surface area (Å²) in [4.78, 5) is 26.2. The minimum absolute atomic E-state index is 0.0816. The number of nitrogens with zero attached hydrogens (tertiary/aromatic N) is 1. The molecule has 5 nitrogen and oxygen atoms in total. The highest BCUT2D eigenvalue weighted by atomic mass is 31.2. The SMILES string of the molecule is CN(CCC[P+](c1ccccc1)(c1ccccc1)c1ccccc1)C(=O)CNC(=O)OC(C)(C)C. The van der Waals surface area contributed by atoms with Gasteiger partial charge in [0.25, 0.3) is 0 Å². The van der Waals surface area contributed by atoms with Crippen molar-refractivity contribution < 1.29 is 14.3 Å². The first-order valence-electron chi connectivity index (χ1n) is 12.0. The van der Waals surface area contributed by atoms with E-state index in [9.17, 15) is 9.59 Å². The Hall–Kier alpha value is -3.17. The molecule has 0 spiro atoms. The average Bonchev–Trinajstić information content (AvgIpc) is 2.86. The van der Waals surface area contributed by atoms with Gasteiger partial charge in [0, 0.05) is 13.6 Å². The van der Waals surface area contributed by atoms with Crippen LogP contribution in [0.15, 0.2) is 91.0 Å². The van der Waals surface area contributed by atoms with Crippen molar-refractivity contribution in [3.8, 4) is 0 Å². The Morgan fingerprint density at radius 1 is 0.800 bits per heavy atom. The fraction of sp³-hybridized carbons (Fsp3) is 0.310. The van der Waals surface area contributed by atoms with E-state index in [4.69, 9.17) is 4.74 Å². The number of amides is 2. The molecule has 0 atom stereocenters. The van der Waals surface area contributed by atoms with E-state index >= 15 is 0 Å². The molecule has 0 saturated carbocycles. The van der Waals surface area contributed by atoms with Gasteiger partial charge in [-0.15, -0.1) is 0 Å². The van der Waals surface area contributed by atoms with Gasteiger partial charge in [0.15, 0.2) is 0 Å². The van der Waals surface area contributed by atoms with Crippen LogP contribution in [-0.2, 0) is 9.53 Å². The molecule has 0 fully saturated rings. The fourth-order valence-corrected chi connectivity index (χ4v) is 8.48. The van der Waals surface area contributed by atoms with Gasteiger partial charge in [0.2, 0.25) is 5.91 Å². The zero-order valence-corrected chi connectivity index (χ0v) is 22.0.